The fraction of sp³-hybridized carbons (Fsp3) is 0.148. The van der Waals surface area contributed by atoms with Crippen LogP contribution in [-0.4, -0.2) is 34.9 Å². The van der Waals surface area contributed by atoms with Gasteiger partial charge in [-0.3, -0.25) is 4.79 Å². The van der Waals surface area contributed by atoms with Crippen LogP contribution in [0.3, 0.4) is 0 Å². The number of para-hydroxylation sites is 1. The Morgan fingerprint density at radius 1 is 0.971 bits per heavy atom. The van der Waals surface area contributed by atoms with Crippen molar-refractivity contribution in [2.75, 3.05) is 24.9 Å². The summed E-state index contributed by atoms with van der Waals surface area (Å²) in [6, 6.07) is 24.1. The largest absolute Gasteiger partial charge is 0.493 e. The van der Waals surface area contributed by atoms with Crippen LogP contribution >= 0.6 is 0 Å². The smallest absolute Gasteiger partial charge is 0.235 e. The molecule has 0 saturated heterocycles. The van der Waals surface area contributed by atoms with Crippen LogP contribution in [0.4, 0.5) is 11.6 Å². The molecule has 2 atom stereocenters. The lowest BCUT2D eigenvalue weighted by Crippen LogP contribution is -2.39. The van der Waals surface area contributed by atoms with Gasteiger partial charge in [-0.25, -0.2) is 4.68 Å². The second kappa shape index (κ2) is 9.34. The molecule has 3 aromatic carbocycles. The zero-order valence-corrected chi connectivity index (χ0v) is 19.4. The molecule has 1 aromatic heterocycles. The quantitative estimate of drug-likeness (QED) is 0.426. The van der Waals surface area contributed by atoms with E-state index < -0.39 is 12.0 Å². The Morgan fingerprint density at radius 2 is 1.66 bits per heavy atom. The number of nitrogens with zero attached hydrogens (tertiary/aromatic N) is 3. The normalized spacial score (nSPS) is 16.7. The van der Waals surface area contributed by atoms with Gasteiger partial charge in [0, 0.05) is 16.9 Å². The Bertz CT molecular complexity index is 1370. The van der Waals surface area contributed by atoms with Crippen LogP contribution in [0.5, 0.6) is 11.5 Å². The van der Waals surface area contributed by atoms with E-state index in [1.807, 2.05) is 78.9 Å². The van der Waals surface area contributed by atoms with E-state index in [0.29, 0.717) is 34.7 Å². The first-order chi connectivity index (χ1) is 17.1. The van der Waals surface area contributed by atoms with Crippen molar-refractivity contribution in [1.29, 1.82) is 0 Å². The fourth-order valence-electron chi connectivity index (χ4n) is 4.28. The maximum Gasteiger partial charge on any atom is 0.235 e. The lowest BCUT2D eigenvalue weighted by molar-refractivity contribution is -0.119. The molecule has 1 amide bonds. The van der Waals surface area contributed by atoms with E-state index in [4.69, 9.17) is 19.6 Å². The number of amides is 1. The van der Waals surface area contributed by atoms with Crippen molar-refractivity contribution in [1.82, 2.24) is 14.8 Å². The molecule has 0 saturated carbocycles. The van der Waals surface area contributed by atoms with Crippen molar-refractivity contribution in [3.05, 3.63) is 96.7 Å². The Balaban J connectivity index is 1.62. The van der Waals surface area contributed by atoms with Crippen LogP contribution < -0.4 is 20.1 Å². The van der Waals surface area contributed by atoms with Gasteiger partial charge in [0.15, 0.2) is 17.3 Å². The number of aromatic nitrogens is 3. The number of nitrogens with one attached hydrogen (secondary N) is 2. The van der Waals surface area contributed by atoms with E-state index >= 15 is 0 Å². The molecule has 35 heavy (non-hydrogen) atoms. The average molecular weight is 468 g/mol. The van der Waals surface area contributed by atoms with Crippen LogP contribution in [0.15, 0.2) is 91.1 Å². The minimum atomic E-state index is -0.675. The van der Waals surface area contributed by atoms with E-state index in [1.54, 1.807) is 18.9 Å². The number of fused-ring (bicyclic) bond motifs is 1. The molecule has 0 aliphatic carbocycles. The number of rotatable bonds is 6. The van der Waals surface area contributed by atoms with Crippen molar-refractivity contribution in [3.63, 3.8) is 0 Å². The molecule has 0 spiro atoms. The average Bonchev–Trinajstić information content (AvgIpc) is 3.32. The molecular formula is C27H25N5O3. The number of ether oxygens (including phenoxy) is 2. The summed E-state index contributed by atoms with van der Waals surface area (Å²) < 4.78 is 12.7. The number of methoxy groups -OCH3 is 2. The minimum Gasteiger partial charge on any atom is -0.493 e. The van der Waals surface area contributed by atoms with Crippen LogP contribution in [0.1, 0.15) is 11.6 Å². The molecular weight excluding hydrogens is 442 g/mol. The molecule has 0 radical (unpaired) electrons. The predicted octanol–water partition coefficient (Wildman–Crippen LogP) is 4.75. The van der Waals surface area contributed by atoms with E-state index in [9.17, 15) is 4.79 Å². The molecule has 2 unspecified atom stereocenters. The number of hydrogen-bond acceptors (Lipinski definition) is 6. The summed E-state index contributed by atoms with van der Waals surface area (Å²) in [4.78, 5) is 18.3. The van der Waals surface area contributed by atoms with Gasteiger partial charge in [-0.2, -0.15) is 4.98 Å². The van der Waals surface area contributed by atoms with Crippen molar-refractivity contribution < 1.29 is 14.3 Å². The minimum absolute atomic E-state index is 0.212. The predicted molar refractivity (Wildman–Crippen MR) is 134 cm³/mol. The van der Waals surface area contributed by atoms with E-state index in [2.05, 4.69) is 17.2 Å². The van der Waals surface area contributed by atoms with Crippen molar-refractivity contribution in [3.8, 4) is 22.9 Å². The summed E-state index contributed by atoms with van der Waals surface area (Å²) in [6.45, 7) is 4.18. The van der Waals surface area contributed by atoms with Gasteiger partial charge in [-0.05, 0) is 29.8 Å². The zero-order chi connectivity index (χ0) is 24.4. The van der Waals surface area contributed by atoms with Crippen LogP contribution in [-0.2, 0) is 4.79 Å². The molecule has 0 bridgehead atoms. The standard InChI is InChI=1S/C27H25N5O3/c1-17-23(26(33)29-20-12-8-5-9-13-20)24(19-14-15-21(34-2)22(16-19)35-3)32-27(28-17)30-25(31-32)18-10-6-4-7-11-18/h4-16,23-24H,1H2,2-3H3,(H,29,33)(H,28,30,31). The summed E-state index contributed by atoms with van der Waals surface area (Å²) in [5.74, 6) is 1.33. The molecule has 8 nitrogen and oxygen atoms in total. The second-order valence-corrected chi connectivity index (χ2v) is 8.11. The Hall–Kier alpha value is -4.59. The molecule has 5 rings (SSSR count). The van der Waals surface area contributed by atoms with E-state index in [0.717, 1.165) is 11.1 Å². The maximum absolute atomic E-state index is 13.6. The number of benzene rings is 3. The zero-order valence-electron chi connectivity index (χ0n) is 19.4. The highest BCUT2D eigenvalue weighted by molar-refractivity contribution is 5.95. The van der Waals surface area contributed by atoms with Gasteiger partial charge in [0.1, 0.15) is 5.92 Å². The van der Waals surface area contributed by atoms with Gasteiger partial charge < -0.3 is 20.1 Å². The molecule has 0 fully saturated rings. The first kappa shape index (κ1) is 22.2. The maximum atomic E-state index is 13.6. The number of carbonyl (C=O) groups excluding carboxylic acids is 1. The van der Waals surface area contributed by atoms with E-state index in [1.165, 1.54) is 0 Å². The van der Waals surface area contributed by atoms with Gasteiger partial charge in [0.2, 0.25) is 11.9 Å². The topological polar surface area (TPSA) is 90.3 Å². The summed E-state index contributed by atoms with van der Waals surface area (Å²) >= 11 is 0. The Labute approximate surface area is 203 Å². The van der Waals surface area contributed by atoms with Gasteiger partial charge in [-0.1, -0.05) is 61.2 Å². The summed E-state index contributed by atoms with van der Waals surface area (Å²) in [6.07, 6.45) is 0. The highest BCUT2D eigenvalue weighted by Gasteiger charge is 2.40. The first-order valence-electron chi connectivity index (χ1n) is 11.1. The molecule has 2 N–H and O–H groups in total. The summed E-state index contributed by atoms with van der Waals surface area (Å²) in [5, 5.41) is 11.0. The number of anilines is 2. The summed E-state index contributed by atoms with van der Waals surface area (Å²) in [5.41, 5.74) is 2.91. The molecule has 2 heterocycles. The number of carbonyl (C=O) groups is 1. The van der Waals surface area contributed by atoms with Crippen LogP contribution in [0.25, 0.3) is 11.4 Å². The summed E-state index contributed by atoms with van der Waals surface area (Å²) in [7, 11) is 3.17. The van der Waals surface area contributed by atoms with E-state index in [-0.39, 0.29) is 5.91 Å². The molecule has 176 valence electrons. The second-order valence-electron chi connectivity index (χ2n) is 8.11. The molecule has 1 aliphatic rings. The lowest BCUT2D eigenvalue weighted by Gasteiger charge is -2.34. The van der Waals surface area contributed by atoms with Gasteiger partial charge >= 0.3 is 0 Å². The van der Waals surface area contributed by atoms with Gasteiger partial charge in [-0.15, -0.1) is 5.10 Å². The molecule has 1 aliphatic heterocycles. The Kier molecular flexibility index (Phi) is 5.93. The van der Waals surface area contributed by atoms with Crippen molar-refractivity contribution in [2.45, 2.75) is 6.04 Å². The first-order valence-corrected chi connectivity index (χ1v) is 11.1. The fourth-order valence-corrected chi connectivity index (χ4v) is 4.28. The highest BCUT2D eigenvalue weighted by atomic mass is 16.5. The third-order valence-electron chi connectivity index (χ3n) is 5.96. The monoisotopic (exact) mass is 467 g/mol. The van der Waals surface area contributed by atoms with Crippen LogP contribution in [0.2, 0.25) is 0 Å². The third-order valence-corrected chi connectivity index (χ3v) is 5.96. The lowest BCUT2D eigenvalue weighted by atomic mass is 9.88. The van der Waals surface area contributed by atoms with Gasteiger partial charge in [0.05, 0.1) is 20.3 Å². The van der Waals surface area contributed by atoms with Crippen molar-refractivity contribution in [2.24, 2.45) is 5.92 Å². The molecule has 4 aromatic rings. The Morgan fingerprint density at radius 3 is 2.34 bits per heavy atom. The SMILES string of the molecule is C=C1Nc2nc(-c3ccccc3)nn2C(c2ccc(OC)c(OC)c2)C1C(=O)Nc1ccccc1. The van der Waals surface area contributed by atoms with Crippen molar-refractivity contribution >= 4 is 17.5 Å². The van der Waals surface area contributed by atoms with Crippen LogP contribution in [0, 0.1) is 5.92 Å². The number of hydrogen-bond donors (Lipinski definition) is 2. The highest BCUT2D eigenvalue weighted by Crippen LogP contribution is 2.41. The molecule has 8 heteroatoms. The third kappa shape index (κ3) is 4.21. The van der Waals surface area contributed by atoms with Gasteiger partial charge in [0.25, 0.3) is 0 Å².